The maximum absolute atomic E-state index is 5.32. The monoisotopic (exact) mass is 413 g/mol. The number of hydrogen-bond donors (Lipinski definition) is 2. The topological polar surface area (TPSA) is 74.9 Å². The first kappa shape index (κ1) is 22.2. The zero-order chi connectivity index (χ0) is 21.3. The molecule has 0 saturated carbocycles. The minimum Gasteiger partial charge on any atom is -0.497 e. The summed E-state index contributed by atoms with van der Waals surface area (Å²) >= 11 is 0. The van der Waals surface area contributed by atoms with Crippen molar-refractivity contribution in [3.63, 3.8) is 0 Å². The molecule has 1 atom stereocenters. The quantitative estimate of drug-likeness (QED) is 0.486. The Balaban J connectivity index is 1.66. The maximum Gasteiger partial charge on any atom is 0.191 e. The number of guanidine groups is 1. The summed E-state index contributed by atoms with van der Waals surface area (Å²) in [4.78, 5) is 7.46. The number of likely N-dealkylation sites (tertiary alicyclic amines) is 1. The lowest BCUT2D eigenvalue weighted by atomic mass is 10.1. The summed E-state index contributed by atoms with van der Waals surface area (Å²) in [6.07, 6.45) is 3.37. The lowest BCUT2D eigenvalue weighted by Crippen LogP contribution is -2.39. The molecule has 3 rings (SSSR count). The van der Waals surface area contributed by atoms with Gasteiger partial charge in [-0.25, -0.2) is 0 Å². The van der Waals surface area contributed by atoms with Crippen LogP contribution in [-0.4, -0.2) is 55.8 Å². The van der Waals surface area contributed by atoms with E-state index in [0.29, 0.717) is 6.54 Å². The summed E-state index contributed by atoms with van der Waals surface area (Å²) in [7, 11) is 1.70. The van der Waals surface area contributed by atoms with Crippen molar-refractivity contribution in [1.82, 2.24) is 20.7 Å². The van der Waals surface area contributed by atoms with Crippen molar-refractivity contribution in [2.45, 2.75) is 46.1 Å². The average molecular weight is 414 g/mol. The third-order valence-corrected chi connectivity index (χ3v) is 5.70. The Morgan fingerprint density at radius 1 is 1.20 bits per heavy atom. The molecule has 30 heavy (non-hydrogen) atoms. The van der Waals surface area contributed by atoms with E-state index >= 15 is 0 Å². The van der Waals surface area contributed by atoms with Gasteiger partial charge < -0.3 is 19.9 Å². The molecule has 2 heterocycles. The zero-order valence-corrected chi connectivity index (χ0v) is 18.7. The molecule has 0 aliphatic carbocycles. The largest absolute Gasteiger partial charge is 0.497 e. The van der Waals surface area contributed by atoms with Crippen LogP contribution < -0.4 is 15.4 Å². The standard InChI is InChI=1S/C23H35N5O2/c1-5-24-23(25-13-12-21-17(2)27-30-18(21)3)26-16-22(28-14-6-7-15-28)19-8-10-20(29-4)11-9-19/h8-11,22H,5-7,12-16H2,1-4H3,(H2,24,25,26). The van der Waals surface area contributed by atoms with Gasteiger partial charge in [-0.15, -0.1) is 0 Å². The third kappa shape index (κ3) is 5.75. The van der Waals surface area contributed by atoms with E-state index in [0.717, 1.165) is 55.8 Å². The van der Waals surface area contributed by atoms with Crippen LogP contribution in [0.2, 0.25) is 0 Å². The fourth-order valence-corrected chi connectivity index (χ4v) is 4.00. The molecule has 164 valence electrons. The lowest BCUT2D eigenvalue weighted by Gasteiger charge is -2.27. The molecule has 1 fully saturated rings. The first-order valence-corrected chi connectivity index (χ1v) is 10.9. The number of aromatic nitrogens is 1. The third-order valence-electron chi connectivity index (χ3n) is 5.70. The zero-order valence-electron chi connectivity index (χ0n) is 18.7. The number of nitrogens with zero attached hydrogens (tertiary/aromatic N) is 3. The molecule has 1 aromatic heterocycles. The van der Waals surface area contributed by atoms with E-state index in [2.05, 4.69) is 39.7 Å². The smallest absolute Gasteiger partial charge is 0.191 e. The van der Waals surface area contributed by atoms with Gasteiger partial charge in [-0.05, 0) is 70.8 Å². The molecule has 1 aromatic carbocycles. The number of aryl methyl sites for hydroxylation is 2. The normalized spacial score (nSPS) is 15.9. The molecule has 7 nitrogen and oxygen atoms in total. The van der Waals surface area contributed by atoms with Gasteiger partial charge in [0, 0.05) is 18.7 Å². The van der Waals surface area contributed by atoms with E-state index in [4.69, 9.17) is 14.3 Å². The molecule has 7 heteroatoms. The molecule has 0 bridgehead atoms. The highest BCUT2D eigenvalue weighted by Crippen LogP contribution is 2.27. The fourth-order valence-electron chi connectivity index (χ4n) is 4.00. The fraction of sp³-hybridized carbons (Fsp3) is 0.565. The second kappa shape index (κ2) is 11.0. The molecule has 0 amide bonds. The van der Waals surface area contributed by atoms with Crippen molar-refractivity contribution in [3.8, 4) is 5.75 Å². The average Bonchev–Trinajstić information content (AvgIpc) is 3.40. The maximum atomic E-state index is 5.32. The Morgan fingerprint density at radius 2 is 1.93 bits per heavy atom. The number of benzene rings is 1. The van der Waals surface area contributed by atoms with Crippen LogP contribution in [0.4, 0.5) is 0 Å². The highest BCUT2D eigenvalue weighted by Gasteiger charge is 2.23. The number of hydrogen-bond acceptors (Lipinski definition) is 5. The van der Waals surface area contributed by atoms with Gasteiger partial charge in [-0.2, -0.15) is 0 Å². The number of nitrogens with one attached hydrogen (secondary N) is 2. The molecule has 1 aliphatic heterocycles. The van der Waals surface area contributed by atoms with Crippen molar-refractivity contribution >= 4 is 5.96 Å². The van der Waals surface area contributed by atoms with Crippen molar-refractivity contribution in [3.05, 3.63) is 46.8 Å². The van der Waals surface area contributed by atoms with Gasteiger partial charge in [0.1, 0.15) is 11.5 Å². The summed E-state index contributed by atoms with van der Waals surface area (Å²) < 4.78 is 10.6. The molecule has 2 aromatic rings. The number of rotatable bonds is 9. The predicted molar refractivity (Wildman–Crippen MR) is 120 cm³/mol. The second-order valence-corrected chi connectivity index (χ2v) is 7.73. The van der Waals surface area contributed by atoms with E-state index in [1.54, 1.807) is 7.11 Å². The molecular formula is C23H35N5O2. The molecule has 1 saturated heterocycles. The van der Waals surface area contributed by atoms with Gasteiger partial charge in [0.2, 0.25) is 0 Å². The Bertz CT molecular complexity index is 790. The Kier molecular flexibility index (Phi) is 8.13. The van der Waals surface area contributed by atoms with Crippen LogP contribution in [0.25, 0.3) is 0 Å². The predicted octanol–water partition coefficient (Wildman–Crippen LogP) is 3.23. The van der Waals surface area contributed by atoms with Crippen molar-refractivity contribution in [2.24, 2.45) is 4.99 Å². The molecular weight excluding hydrogens is 378 g/mol. The van der Waals surface area contributed by atoms with E-state index < -0.39 is 0 Å². The van der Waals surface area contributed by atoms with Gasteiger partial charge in [0.25, 0.3) is 0 Å². The highest BCUT2D eigenvalue weighted by molar-refractivity contribution is 5.79. The summed E-state index contributed by atoms with van der Waals surface area (Å²) in [5.41, 5.74) is 3.42. The van der Waals surface area contributed by atoms with Crippen LogP contribution in [0.5, 0.6) is 5.75 Å². The van der Waals surface area contributed by atoms with Crippen LogP contribution in [0, 0.1) is 13.8 Å². The summed E-state index contributed by atoms with van der Waals surface area (Å²) in [5.74, 6) is 2.63. The van der Waals surface area contributed by atoms with Crippen molar-refractivity contribution in [2.75, 3.05) is 39.8 Å². The van der Waals surface area contributed by atoms with Crippen molar-refractivity contribution in [1.29, 1.82) is 0 Å². The first-order valence-electron chi connectivity index (χ1n) is 10.9. The van der Waals surface area contributed by atoms with Crippen LogP contribution in [0.15, 0.2) is 33.8 Å². The van der Waals surface area contributed by atoms with Crippen LogP contribution in [-0.2, 0) is 6.42 Å². The number of ether oxygens (including phenoxy) is 1. The van der Waals surface area contributed by atoms with E-state index in [1.165, 1.54) is 24.0 Å². The molecule has 1 aliphatic rings. The molecule has 0 radical (unpaired) electrons. The van der Waals surface area contributed by atoms with Gasteiger partial charge in [-0.3, -0.25) is 9.89 Å². The minimum atomic E-state index is 0.274. The van der Waals surface area contributed by atoms with Crippen LogP contribution in [0.1, 0.15) is 48.4 Å². The van der Waals surface area contributed by atoms with Gasteiger partial charge >= 0.3 is 0 Å². The molecule has 2 N–H and O–H groups in total. The number of aliphatic imine (C=N–C) groups is 1. The minimum absolute atomic E-state index is 0.274. The van der Waals surface area contributed by atoms with E-state index in [9.17, 15) is 0 Å². The highest BCUT2D eigenvalue weighted by atomic mass is 16.5. The number of methoxy groups -OCH3 is 1. The van der Waals surface area contributed by atoms with Gasteiger partial charge in [0.15, 0.2) is 5.96 Å². The van der Waals surface area contributed by atoms with Crippen LogP contribution >= 0.6 is 0 Å². The summed E-state index contributed by atoms with van der Waals surface area (Å²) in [6, 6.07) is 8.67. The Morgan fingerprint density at radius 3 is 2.53 bits per heavy atom. The Hall–Kier alpha value is -2.54. The van der Waals surface area contributed by atoms with Crippen LogP contribution in [0.3, 0.4) is 0 Å². The SMILES string of the molecule is CCNC(=NCC(c1ccc(OC)cc1)N1CCCC1)NCCc1c(C)noc1C. The molecule has 1 unspecified atom stereocenters. The van der Waals surface area contributed by atoms with Gasteiger partial charge in [-0.1, -0.05) is 17.3 Å². The van der Waals surface area contributed by atoms with Crippen molar-refractivity contribution < 1.29 is 9.26 Å². The van der Waals surface area contributed by atoms with E-state index in [-0.39, 0.29) is 6.04 Å². The summed E-state index contributed by atoms with van der Waals surface area (Å²) in [5, 5.41) is 10.9. The van der Waals surface area contributed by atoms with Gasteiger partial charge in [0.05, 0.1) is 25.4 Å². The first-order chi connectivity index (χ1) is 14.6. The summed E-state index contributed by atoms with van der Waals surface area (Å²) in [6.45, 7) is 10.6. The molecule has 0 spiro atoms. The van der Waals surface area contributed by atoms with E-state index in [1.807, 2.05) is 26.0 Å². The second-order valence-electron chi connectivity index (χ2n) is 7.73. The Labute approximate surface area is 179 Å². The lowest BCUT2D eigenvalue weighted by molar-refractivity contribution is 0.251.